The predicted octanol–water partition coefficient (Wildman–Crippen LogP) is 4.05. The zero-order valence-electron chi connectivity index (χ0n) is 17.9. The first kappa shape index (κ1) is 21.2. The quantitative estimate of drug-likeness (QED) is 0.600. The van der Waals surface area contributed by atoms with Crippen molar-refractivity contribution in [3.8, 4) is 11.4 Å². The highest BCUT2D eigenvalue weighted by molar-refractivity contribution is 5.78. The van der Waals surface area contributed by atoms with Gasteiger partial charge in [-0.05, 0) is 44.0 Å². The maximum Gasteiger partial charge on any atom is 0.246 e. The third kappa shape index (κ3) is 5.35. The maximum atomic E-state index is 13.1. The van der Waals surface area contributed by atoms with Crippen molar-refractivity contribution >= 4 is 5.91 Å². The van der Waals surface area contributed by atoms with Gasteiger partial charge in [0.2, 0.25) is 17.6 Å². The Morgan fingerprint density at radius 2 is 1.94 bits per heavy atom. The summed E-state index contributed by atoms with van der Waals surface area (Å²) in [4.78, 5) is 21.4. The minimum absolute atomic E-state index is 0.0707. The maximum absolute atomic E-state index is 13.1. The predicted molar refractivity (Wildman–Crippen MR) is 115 cm³/mol. The van der Waals surface area contributed by atoms with Crippen LogP contribution in [0.3, 0.4) is 0 Å². The highest BCUT2D eigenvalue weighted by atomic mass is 19.1. The van der Waals surface area contributed by atoms with Crippen molar-refractivity contribution in [3.63, 3.8) is 0 Å². The van der Waals surface area contributed by atoms with Crippen molar-refractivity contribution in [3.05, 3.63) is 71.4 Å². The first-order valence-corrected chi connectivity index (χ1v) is 10.6. The highest BCUT2D eigenvalue weighted by Gasteiger charge is 2.28. The van der Waals surface area contributed by atoms with Crippen LogP contribution >= 0.6 is 0 Å². The minimum atomic E-state index is -0.233. The van der Waals surface area contributed by atoms with Crippen LogP contribution in [0.15, 0.2) is 53.1 Å². The number of halogens is 1. The van der Waals surface area contributed by atoms with Crippen LogP contribution in [0.1, 0.15) is 29.9 Å². The number of aryl methyl sites for hydroxylation is 1. The van der Waals surface area contributed by atoms with E-state index in [1.165, 1.54) is 17.7 Å². The Balaban J connectivity index is 1.34. The third-order valence-electron chi connectivity index (χ3n) is 5.70. The van der Waals surface area contributed by atoms with Crippen LogP contribution < -0.4 is 0 Å². The molecule has 0 saturated carbocycles. The summed E-state index contributed by atoms with van der Waals surface area (Å²) in [5.41, 5.74) is 3.11. The van der Waals surface area contributed by atoms with E-state index in [0.29, 0.717) is 18.3 Å². The molecule has 0 bridgehead atoms. The largest absolute Gasteiger partial charge is 0.337 e. The number of hydrogen-bond donors (Lipinski definition) is 0. The Morgan fingerprint density at radius 1 is 1.19 bits per heavy atom. The Labute approximate surface area is 181 Å². The Kier molecular flexibility index (Phi) is 6.42. The molecular formula is C24H27FN4O2. The lowest BCUT2D eigenvalue weighted by molar-refractivity contribution is -0.137. The molecule has 0 radical (unpaired) electrons. The van der Waals surface area contributed by atoms with E-state index in [1.807, 2.05) is 31.2 Å². The van der Waals surface area contributed by atoms with Crippen LogP contribution in [0.5, 0.6) is 0 Å². The third-order valence-corrected chi connectivity index (χ3v) is 5.70. The van der Waals surface area contributed by atoms with Gasteiger partial charge in [0, 0.05) is 25.7 Å². The number of nitrogens with zero attached hydrogens (tertiary/aromatic N) is 4. The molecule has 1 aliphatic heterocycles. The van der Waals surface area contributed by atoms with Crippen LogP contribution in [-0.2, 0) is 17.9 Å². The molecule has 0 N–H and O–H groups in total. The monoisotopic (exact) mass is 422 g/mol. The van der Waals surface area contributed by atoms with Gasteiger partial charge in [0.1, 0.15) is 5.82 Å². The van der Waals surface area contributed by atoms with E-state index in [0.717, 1.165) is 37.1 Å². The molecule has 1 aromatic heterocycles. The first-order valence-electron chi connectivity index (χ1n) is 10.6. The summed E-state index contributed by atoms with van der Waals surface area (Å²) in [5.74, 6) is 0.727. The lowest BCUT2D eigenvalue weighted by Gasteiger charge is -2.33. The minimum Gasteiger partial charge on any atom is -0.337 e. The average Bonchev–Trinajstić information content (AvgIpc) is 3.24. The molecule has 31 heavy (non-hydrogen) atoms. The Morgan fingerprint density at radius 3 is 2.68 bits per heavy atom. The number of aromatic nitrogens is 2. The van der Waals surface area contributed by atoms with E-state index in [4.69, 9.17) is 4.52 Å². The van der Waals surface area contributed by atoms with Crippen molar-refractivity contribution < 1.29 is 13.7 Å². The number of amides is 1. The fourth-order valence-electron chi connectivity index (χ4n) is 3.98. The molecule has 1 fully saturated rings. The molecule has 1 aliphatic rings. The van der Waals surface area contributed by atoms with Crippen LogP contribution in [0.2, 0.25) is 0 Å². The van der Waals surface area contributed by atoms with Crippen molar-refractivity contribution in [2.75, 3.05) is 20.1 Å². The number of piperidine rings is 1. The molecule has 4 rings (SSSR count). The number of benzene rings is 2. The number of likely N-dealkylation sites (tertiary alicyclic amines) is 1. The Bertz CT molecular complexity index is 1020. The molecule has 6 nitrogen and oxygen atoms in total. The molecule has 3 aromatic rings. The smallest absolute Gasteiger partial charge is 0.246 e. The second kappa shape index (κ2) is 9.39. The van der Waals surface area contributed by atoms with Crippen LogP contribution in [0, 0.1) is 18.7 Å². The molecule has 2 aromatic carbocycles. The second-order valence-electron chi connectivity index (χ2n) is 8.27. The normalized spacial score (nSPS) is 16.9. The van der Waals surface area contributed by atoms with Gasteiger partial charge >= 0.3 is 0 Å². The number of hydrogen-bond acceptors (Lipinski definition) is 5. The van der Waals surface area contributed by atoms with E-state index in [2.05, 4.69) is 15.0 Å². The molecule has 1 amide bonds. The molecule has 0 unspecified atom stereocenters. The van der Waals surface area contributed by atoms with Gasteiger partial charge in [-0.25, -0.2) is 4.39 Å². The number of rotatable bonds is 6. The lowest BCUT2D eigenvalue weighted by atomic mass is 9.96. The summed E-state index contributed by atoms with van der Waals surface area (Å²) in [5, 5.41) is 4.05. The molecule has 1 atom stereocenters. The van der Waals surface area contributed by atoms with Gasteiger partial charge in [0.05, 0.1) is 12.5 Å². The SMILES string of the molecule is Cc1ccc(-c2noc(CN(C)C(=O)[C@@H]3CCCN(Cc4ccc(F)cc4)C3)n2)cc1. The first-order chi connectivity index (χ1) is 15.0. The van der Waals surface area contributed by atoms with Gasteiger partial charge in [-0.3, -0.25) is 9.69 Å². The fraction of sp³-hybridized carbons (Fsp3) is 0.375. The lowest BCUT2D eigenvalue weighted by Crippen LogP contribution is -2.43. The summed E-state index contributed by atoms with van der Waals surface area (Å²) in [7, 11) is 1.77. The molecule has 1 saturated heterocycles. The van der Waals surface area contributed by atoms with Gasteiger partial charge in [-0.1, -0.05) is 47.1 Å². The van der Waals surface area contributed by atoms with E-state index in [1.54, 1.807) is 24.1 Å². The summed E-state index contributed by atoms with van der Waals surface area (Å²) in [6.45, 7) is 4.66. The zero-order valence-corrected chi connectivity index (χ0v) is 17.9. The summed E-state index contributed by atoms with van der Waals surface area (Å²) in [6.07, 6.45) is 1.82. The van der Waals surface area contributed by atoms with E-state index in [9.17, 15) is 9.18 Å². The fourth-order valence-corrected chi connectivity index (χ4v) is 3.98. The molecule has 0 spiro atoms. The zero-order chi connectivity index (χ0) is 21.8. The second-order valence-corrected chi connectivity index (χ2v) is 8.27. The van der Waals surface area contributed by atoms with Crippen molar-refractivity contribution in [2.45, 2.75) is 32.9 Å². The number of carbonyl (C=O) groups is 1. The molecule has 162 valence electrons. The topological polar surface area (TPSA) is 62.5 Å². The average molecular weight is 423 g/mol. The summed E-state index contributed by atoms with van der Waals surface area (Å²) < 4.78 is 18.5. The van der Waals surface area contributed by atoms with Gasteiger partial charge in [-0.2, -0.15) is 4.98 Å². The summed E-state index contributed by atoms with van der Waals surface area (Å²) >= 11 is 0. The van der Waals surface area contributed by atoms with Crippen molar-refractivity contribution in [1.29, 1.82) is 0 Å². The van der Waals surface area contributed by atoms with Crippen LogP contribution in [0.4, 0.5) is 4.39 Å². The van der Waals surface area contributed by atoms with E-state index < -0.39 is 0 Å². The van der Waals surface area contributed by atoms with Gasteiger partial charge in [-0.15, -0.1) is 0 Å². The van der Waals surface area contributed by atoms with E-state index >= 15 is 0 Å². The highest BCUT2D eigenvalue weighted by Crippen LogP contribution is 2.22. The standard InChI is InChI=1S/C24H27FN4O2/c1-17-5-9-19(10-6-17)23-26-22(31-27-23)16-28(2)24(30)20-4-3-13-29(15-20)14-18-7-11-21(25)12-8-18/h5-12,20H,3-4,13-16H2,1-2H3/t20-/m1/s1. The molecular weight excluding hydrogens is 395 g/mol. The van der Waals surface area contributed by atoms with E-state index in [-0.39, 0.29) is 24.2 Å². The van der Waals surface area contributed by atoms with Crippen LogP contribution in [-0.4, -0.2) is 46.0 Å². The summed E-state index contributed by atoms with van der Waals surface area (Å²) in [6, 6.07) is 14.5. The van der Waals surface area contributed by atoms with Gasteiger partial charge < -0.3 is 9.42 Å². The number of carbonyl (C=O) groups excluding carboxylic acids is 1. The van der Waals surface area contributed by atoms with Gasteiger partial charge in [0.25, 0.3) is 0 Å². The van der Waals surface area contributed by atoms with Gasteiger partial charge in [0.15, 0.2) is 0 Å². The van der Waals surface area contributed by atoms with Crippen molar-refractivity contribution in [1.82, 2.24) is 19.9 Å². The Hall–Kier alpha value is -3.06. The molecule has 2 heterocycles. The molecule has 0 aliphatic carbocycles. The molecule has 7 heteroatoms. The van der Waals surface area contributed by atoms with Crippen molar-refractivity contribution in [2.24, 2.45) is 5.92 Å². The van der Waals surface area contributed by atoms with Crippen LogP contribution in [0.25, 0.3) is 11.4 Å².